The SMILES string of the molecule is Cc1ccc(NCC(=O)Nc2cccc(Br)c2)c(F)c1. The molecule has 0 aliphatic rings. The predicted molar refractivity (Wildman–Crippen MR) is 82.4 cm³/mol. The number of carbonyl (C=O) groups excluding carboxylic acids is 1. The highest BCUT2D eigenvalue weighted by Crippen LogP contribution is 2.16. The van der Waals surface area contributed by atoms with Crippen LogP contribution >= 0.6 is 15.9 Å². The molecule has 2 aromatic rings. The van der Waals surface area contributed by atoms with Crippen molar-refractivity contribution in [3.63, 3.8) is 0 Å². The number of carbonyl (C=O) groups is 1. The van der Waals surface area contributed by atoms with E-state index in [2.05, 4.69) is 26.6 Å². The fourth-order valence-corrected chi connectivity index (χ4v) is 2.11. The molecule has 0 aliphatic carbocycles. The minimum atomic E-state index is -0.361. The average Bonchev–Trinajstić information content (AvgIpc) is 2.37. The van der Waals surface area contributed by atoms with Gasteiger partial charge in [0.25, 0.3) is 0 Å². The van der Waals surface area contributed by atoms with Crippen molar-refractivity contribution in [2.45, 2.75) is 6.92 Å². The Morgan fingerprint density at radius 2 is 2.05 bits per heavy atom. The maximum atomic E-state index is 13.6. The molecule has 2 N–H and O–H groups in total. The van der Waals surface area contributed by atoms with E-state index in [1.54, 1.807) is 24.3 Å². The lowest BCUT2D eigenvalue weighted by Crippen LogP contribution is -2.22. The Morgan fingerprint density at radius 3 is 2.75 bits per heavy atom. The number of hydrogen-bond donors (Lipinski definition) is 2. The fraction of sp³-hybridized carbons (Fsp3) is 0.133. The summed E-state index contributed by atoms with van der Waals surface area (Å²) in [5.74, 6) is -0.594. The molecule has 2 aromatic carbocycles. The topological polar surface area (TPSA) is 41.1 Å². The second-order valence-corrected chi connectivity index (χ2v) is 5.31. The van der Waals surface area contributed by atoms with E-state index in [9.17, 15) is 9.18 Å². The fourth-order valence-electron chi connectivity index (χ4n) is 1.71. The number of benzene rings is 2. The second kappa shape index (κ2) is 6.52. The zero-order valence-corrected chi connectivity index (χ0v) is 12.5. The summed E-state index contributed by atoms with van der Waals surface area (Å²) in [7, 11) is 0. The maximum absolute atomic E-state index is 13.6. The third-order valence-electron chi connectivity index (χ3n) is 2.67. The van der Waals surface area contributed by atoms with Crippen LogP contribution in [0, 0.1) is 12.7 Å². The van der Waals surface area contributed by atoms with Gasteiger partial charge in [-0.25, -0.2) is 4.39 Å². The molecule has 3 nitrogen and oxygen atoms in total. The van der Waals surface area contributed by atoms with Crippen LogP contribution < -0.4 is 10.6 Å². The largest absolute Gasteiger partial charge is 0.374 e. The summed E-state index contributed by atoms with van der Waals surface area (Å²) < 4.78 is 14.5. The summed E-state index contributed by atoms with van der Waals surface area (Å²) >= 11 is 3.33. The van der Waals surface area contributed by atoms with Gasteiger partial charge in [0.05, 0.1) is 12.2 Å². The van der Waals surface area contributed by atoms with Crippen LogP contribution in [0.4, 0.5) is 15.8 Å². The van der Waals surface area contributed by atoms with Gasteiger partial charge >= 0.3 is 0 Å². The number of hydrogen-bond acceptors (Lipinski definition) is 2. The highest BCUT2D eigenvalue weighted by atomic mass is 79.9. The van der Waals surface area contributed by atoms with Crippen LogP contribution in [0.25, 0.3) is 0 Å². The summed E-state index contributed by atoms with van der Waals surface area (Å²) in [5, 5.41) is 5.51. The number of nitrogens with one attached hydrogen (secondary N) is 2. The van der Waals surface area contributed by atoms with Gasteiger partial charge in [0.1, 0.15) is 5.82 Å². The number of rotatable bonds is 4. The summed E-state index contributed by atoms with van der Waals surface area (Å²) in [4.78, 5) is 11.8. The molecule has 0 unspecified atom stereocenters. The molecule has 0 atom stereocenters. The van der Waals surface area contributed by atoms with Gasteiger partial charge in [0.15, 0.2) is 0 Å². The number of aryl methyl sites for hydroxylation is 1. The summed E-state index contributed by atoms with van der Waals surface area (Å²) in [5.41, 5.74) is 1.85. The first-order valence-electron chi connectivity index (χ1n) is 6.10. The lowest BCUT2D eigenvalue weighted by molar-refractivity contribution is -0.114. The van der Waals surface area contributed by atoms with Gasteiger partial charge in [-0.2, -0.15) is 0 Å². The molecule has 0 saturated carbocycles. The van der Waals surface area contributed by atoms with E-state index in [1.807, 2.05) is 19.1 Å². The van der Waals surface area contributed by atoms with E-state index in [-0.39, 0.29) is 18.3 Å². The molecule has 2 rings (SSSR count). The smallest absolute Gasteiger partial charge is 0.243 e. The zero-order valence-electron chi connectivity index (χ0n) is 10.9. The first kappa shape index (κ1) is 14.5. The standard InChI is InChI=1S/C15H14BrFN2O/c1-10-5-6-14(13(17)7-10)18-9-15(20)19-12-4-2-3-11(16)8-12/h2-8,18H,9H2,1H3,(H,19,20). The average molecular weight is 337 g/mol. The zero-order chi connectivity index (χ0) is 14.5. The monoisotopic (exact) mass is 336 g/mol. The Bertz CT molecular complexity index is 631. The molecule has 0 radical (unpaired) electrons. The molecule has 0 aromatic heterocycles. The Kier molecular flexibility index (Phi) is 4.74. The highest BCUT2D eigenvalue weighted by Gasteiger charge is 2.05. The van der Waals surface area contributed by atoms with Crippen molar-refractivity contribution in [2.75, 3.05) is 17.2 Å². The van der Waals surface area contributed by atoms with E-state index in [4.69, 9.17) is 0 Å². The van der Waals surface area contributed by atoms with Gasteiger partial charge in [-0.3, -0.25) is 4.79 Å². The summed E-state index contributed by atoms with van der Waals surface area (Å²) in [6.45, 7) is 1.82. The molecule has 5 heteroatoms. The van der Waals surface area contributed by atoms with Gasteiger partial charge in [0.2, 0.25) is 5.91 Å². The van der Waals surface area contributed by atoms with E-state index < -0.39 is 0 Å². The van der Waals surface area contributed by atoms with Gasteiger partial charge < -0.3 is 10.6 Å². The number of halogens is 2. The third kappa shape index (κ3) is 4.06. The molecule has 0 heterocycles. The molecule has 0 saturated heterocycles. The minimum Gasteiger partial charge on any atom is -0.374 e. The molecule has 0 spiro atoms. The molecular weight excluding hydrogens is 323 g/mol. The van der Waals surface area contributed by atoms with Crippen molar-refractivity contribution in [1.29, 1.82) is 0 Å². The molecule has 0 aliphatic heterocycles. The molecule has 0 bridgehead atoms. The van der Waals surface area contributed by atoms with E-state index in [0.29, 0.717) is 11.4 Å². The lowest BCUT2D eigenvalue weighted by atomic mass is 10.2. The Labute approximate surface area is 125 Å². The minimum absolute atomic E-state index is 0.00644. The van der Waals surface area contributed by atoms with E-state index in [0.717, 1.165) is 10.0 Å². The van der Waals surface area contributed by atoms with Crippen molar-refractivity contribution in [1.82, 2.24) is 0 Å². The summed E-state index contributed by atoms with van der Waals surface area (Å²) in [6, 6.07) is 12.1. The van der Waals surface area contributed by atoms with Crippen LogP contribution in [0.5, 0.6) is 0 Å². The van der Waals surface area contributed by atoms with Crippen LogP contribution in [0.15, 0.2) is 46.9 Å². The molecular formula is C15H14BrFN2O. The van der Waals surface area contributed by atoms with Crippen molar-refractivity contribution in [2.24, 2.45) is 0 Å². The third-order valence-corrected chi connectivity index (χ3v) is 3.17. The molecule has 104 valence electrons. The van der Waals surface area contributed by atoms with Crippen molar-refractivity contribution in [3.05, 3.63) is 58.3 Å². The quantitative estimate of drug-likeness (QED) is 0.887. The van der Waals surface area contributed by atoms with Gasteiger partial charge in [-0.1, -0.05) is 28.1 Å². The van der Waals surface area contributed by atoms with Crippen LogP contribution in [0.3, 0.4) is 0 Å². The van der Waals surface area contributed by atoms with E-state index in [1.165, 1.54) is 6.07 Å². The van der Waals surface area contributed by atoms with Gasteiger partial charge in [-0.15, -0.1) is 0 Å². The normalized spacial score (nSPS) is 10.2. The molecule has 20 heavy (non-hydrogen) atoms. The van der Waals surface area contributed by atoms with Crippen molar-refractivity contribution < 1.29 is 9.18 Å². The van der Waals surface area contributed by atoms with Gasteiger partial charge in [0, 0.05) is 10.2 Å². The van der Waals surface area contributed by atoms with Crippen LogP contribution in [0.1, 0.15) is 5.56 Å². The summed E-state index contributed by atoms with van der Waals surface area (Å²) in [6.07, 6.45) is 0. The van der Waals surface area contributed by atoms with Crippen molar-refractivity contribution in [3.8, 4) is 0 Å². The lowest BCUT2D eigenvalue weighted by Gasteiger charge is -2.09. The predicted octanol–water partition coefficient (Wildman–Crippen LogP) is 3.95. The number of amides is 1. The Hall–Kier alpha value is -1.88. The van der Waals surface area contributed by atoms with Crippen LogP contribution in [-0.4, -0.2) is 12.5 Å². The number of anilines is 2. The second-order valence-electron chi connectivity index (χ2n) is 4.40. The van der Waals surface area contributed by atoms with E-state index >= 15 is 0 Å². The maximum Gasteiger partial charge on any atom is 0.243 e. The Morgan fingerprint density at radius 1 is 1.25 bits per heavy atom. The van der Waals surface area contributed by atoms with Crippen LogP contribution in [0.2, 0.25) is 0 Å². The van der Waals surface area contributed by atoms with Crippen molar-refractivity contribution >= 4 is 33.2 Å². The molecule has 0 fully saturated rings. The Balaban J connectivity index is 1.92. The highest BCUT2D eigenvalue weighted by molar-refractivity contribution is 9.10. The van der Waals surface area contributed by atoms with Crippen LogP contribution in [-0.2, 0) is 4.79 Å². The van der Waals surface area contributed by atoms with Gasteiger partial charge in [-0.05, 0) is 42.8 Å². The molecule has 1 amide bonds. The first-order chi connectivity index (χ1) is 9.54. The first-order valence-corrected chi connectivity index (χ1v) is 6.89.